The smallest absolute Gasteiger partial charge is 0.286 e. The van der Waals surface area contributed by atoms with Crippen molar-refractivity contribution in [1.29, 1.82) is 0 Å². The average Bonchev–Trinajstić information content (AvgIpc) is 2.15. The molecule has 0 aliphatic heterocycles. The first kappa shape index (κ1) is 25.5. The SMILES string of the molecule is CC(C)[Si](Cl)(O[Si](Cl)(C(C)C)C(C)C)C(C)C.Cl.Cl. The van der Waals surface area contributed by atoms with E-state index in [1.54, 1.807) is 0 Å². The second-order valence-corrected chi connectivity index (χ2v) is 17.9. The normalized spacial score (nSPS) is 12.9. The quantitative estimate of drug-likeness (QED) is 0.357. The van der Waals surface area contributed by atoms with Crippen molar-refractivity contribution in [2.45, 2.75) is 77.6 Å². The summed E-state index contributed by atoms with van der Waals surface area (Å²) in [6.07, 6.45) is 0. The highest BCUT2D eigenvalue weighted by atomic mass is 35.6. The summed E-state index contributed by atoms with van der Waals surface area (Å²) >= 11 is 13.7. The van der Waals surface area contributed by atoms with E-state index in [0.717, 1.165) is 0 Å². The molecule has 19 heavy (non-hydrogen) atoms. The van der Waals surface area contributed by atoms with Crippen LogP contribution in [-0.2, 0) is 4.12 Å². The zero-order valence-corrected chi connectivity index (χ0v) is 18.4. The molecule has 1 nitrogen and oxygen atoms in total. The van der Waals surface area contributed by atoms with E-state index < -0.39 is 15.3 Å². The lowest BCUT2D eigenvalue weighted by Crippen LogP contribution is -2.52. The molecule has 0 fully saturated rings. The molecule has 0 spiro atoms. The maximum absolute atomic E-state index is 6.85. The van der Waals surface area contributed by atoms with Crippen LogP contribution in [0.3, 0.4) is 0 Å². The summed E-state index contributed by atoms with van der Waals surface area (Å²) in [5, 5.41) is 0. The lowest BCUT2D eigenvalue weighted by Gasteiger charge is -2.43. The first-order valence-corrected chi connectivity index (χ1v) is 12.7. The maximum atomic E-state index is 6.85. The predicted octanol–water partition coefficient (Wildman–Crippen LogP) is 6.85. The molecule has 0 bridgehead atoms. The highest BCUT2D eigenvalue weighted by molar-refractivity contribution is 7.27. The largest absolute Gasteiger partial charge is 0.432 e. The molecule has 0 heterocycles. The lowest BCUT2D eigenvalue weighted by atomic mass is 10.5. The Hall–Kier alpha value is 1.55. The van der Waals surface area contributed by atoms with Crippen molar-refractivity contribution >= 4 is 62.2 Å². The minimum atomic E-state index is -2.26. The third kappa shape index (κ3) is 6.05. The van der Waals surface area contributed by atoms with E-state index in [1.807, 2.05) is 0 Å². The Morgan fingerprint density at radius 3 is 0.842 bits per heavy atom. The second-order valence-electron chi connectivity index (χ2n) is 6.12. The predicted molar refractivity (Wildman–Crippen MR) is 99.2 cm³/mol. The second kappa shape index (κ2) is 9.55. The Balaban J connectivity index is -0.00000128. The van der Waals surface area contributed by atoms with Gasteiger partial charge in [-0.1, -0.05) is 55.4 Å². The van der Waals surface area contributed by atoms with Gasteiger partial charge in [0.1, 0.15) is 0 Å². The highest BCUT2D eigenvalue weighted by Gasteiger charge is 2.51. The van der Waals surface area contributed by atoms with Gasteiger partial charge in [0.2, 0.25) is 0 Å². The molecule has 0 saturated heterocycles. The molecule has 0 amide bonds. The fraction of sp³-hybridized carbons (Fsp3) is 1.00. The van der Waals surface area contributed by atoms with Crippen molar-refractivity contribution in [3.63, 3.8) is 0 Å². The van der Waals surface area contributed by atoms with Crippen molar-refractivity contribution < 1.29 is 4.12 Å². The van der Waals surface area contributed by atoms with Crippen LogP contribution in [0.2, 0.25) is 22.2 Å². The molecule has 0 atom stereocenters. The van der Waals surface area contributed by atoms with Crippen LogP contribution in [0.5, 0.6) is 0 Å². The van der Waals surface area contributed by atoms with E-state index in [1.165, 1.54) is 0 Å². The van der Waals surface area contributed by atoms with Crippen molar-refractivity contribution in [3.8, 4) is 0 Å². The third-order valence-electron chi connectivity index (χ3n) is 3.46. The summed E-state index contributed by atoms with van der Waals surface area (Å²) in [6, 6.07) is 0. The molecule has 0 aliphatic rings. The van der Waals surface area contributed by atoms with Crippen LogP contribution in [0.15, 0.2) is 0 Å². The van der Waals surface area contributed by atoms with Gasteiger partial charge in [0.05, 0.1) is 0 Å². The van der Waals surface area contributed by atoms with Crippen LogP contribution in [0.4, 0.5) is 0 Å². The first-order chi connectivity index (χ1) is 7.48. The Morgan fingerprint density at radius 1 is 0.579 bits per heavy atom. The van der Waals surface area contributed by atoms with E-state index in [9.17, 15) is 0 Å². The molecular formula is C12H30Cl4OSi2. The van der Waals surface area contributed by atoms with Crippen LogP contribution in [0.1, 0.15) is 55.4 Å². The summed E-state index contributed by atoms with van der Waals surface area (Å²) in [7, 11) is -4.53. The number of rotatable bonds is 6. The summed E-state index contributed by atoms with van der Waals surface area (Å²) in [4.78, 5) is 0. The van der Waals surface area contributed by atoms with Crippen molar-refractivity contribution in [2.75, 3.05) is 0 Å². The van der Waals surface area contributed by atoms with Gasteiger partial charge in [-0.3, -0.25) is 0 Å². The van der Waals surface area contributed by atoms with E-state index in [-0.39, 0.29) is 24.8 Å². The Morgan fingerprint density at radius 2 is 0.737 bits per heavy atom. The highest BCUT2D eigenvalue weighted by Crippen LogP contribution is 2.46. The van der Waals surface area contributed by atoms with E-state index >= 15 is 0 Å². The molecule has 0 radical (unpaired) electrons. The number of hydrogen-bond acceptors (Lipinski definition) is 1. The molecular weight excluding hydrogens is 358 g/mol. The van der Waals surface area contributed by atoms with E-state index in [0.29, 0.717) is 22.2 Å². The maximum Gasteiger partial charge on any atom is 0.286 e. The van der Waals surface area contributed by atoms with Gasteiger partial charge in [-0.15, -0.1) is 47.0 Å². The summed E-state index contributed by atoms with van der Waals surface area (Å²) in [5.74, 6) is 0. The first-order valence-electron chi connectivity index (χ1n) is 6.56. The van der Waals surface area contributed by atoms with Crippen molar-refractivity contribution in [3.05, 3.63) is 0 Å². The minimum absolute atomic E-state index is 0. The molecule has 7 heteroatoms. The molecule has 120 valence electrons. The van der Waals surface area contributed by atoms with Gasteiger partial charge in [0, 0.05) is 0 Å². The van der Waals surface area contributed by atoms with Gasteiger partial charge in [-0.25, -0.2) is 0 Å². The molecule has 0 aromatic rings. The van der Waals surface area contributed by atoms with Crippen LogP contribution in [0.25, 0.3) is 0 Å². The number of halogens is 4. The van der Waals surface area contributed by atoms with E-state index in [2.05, 4.69) is 55.4 Å². The lowest BCUT2D eigenvalue weighted by molar-refractivity contribution is 0.498. The molecule has 0 aromatic carbocycles. The van der Waals surface area contributed by atoms with Gasteiger partial charge in [0.25, 0.3) is 15.3 Å². The molecule has 0 saturated carbocycles. The molecule has 0 rings (SSSR count). The summed E-state index contributed by atoms with van der Waals surface area (Å²) in [6.45, 7) is 17.3. The monoisotopic (exact) mass is 386 g/mol. The Labute approximate surface area is 143 Å². The summed E-state index contributed by atoms with van der Waals surface area (Å²) in [5.41, 5.74) is 1.53. The molecule has 0 aromatic heterocycles. The van der Waals surface area contributed by atoms with Gasteiger partial charge in [-0.2, -0.15) is 0 Å². The van der Waals surface area contributed by atoms with Gasteiger partial charge in [-0.05, 0) is 22.2 Å². The van der Waals surface area contributed by atoms with Crippen molar-refractivity contribution in [2.24, 2.45) is 0 Å². The van der Waals surface area contributed by atoms with Gasteiger partial charge in [0.15, 0.2) is 0 Å². The van der Waals surface area contributed by atoms with Crippen LogP contribution in [-0.4, -0.2) is 15.3 Å². The molecule has 0 unspecified atom stereocenters. The number of hydrogen-bond donors (Lipinski definition) is 0. The van der Waals surface area contributed by atoms with E-state index in [4.69, 9.17) is 26.3 Å². The fourth-order valence-corrected chi connectivity index (χ4v) is 13.1. The Bertz CT molecular complexity index is 208. The molecule has 0 aliphatic carbocycles. The average molecular weight is 388 g/mol. The van der Waals surface area contributed by atoms with Crippen LogP contribution >= 0.6 is 47.0 Å². The Kier molecular flexibility index (Phi) is 12.8. The van der Waals surface area contributed by atoms with Crippen LogP contribution < -0.4 is 0 Å². The van der Waals surface area contributed by atoms with Gasteiger partial charge < -0.3 is 4.12 Å². The zero-order valence-electron chi connectivity index (χ0n) is 13.3. The zero-order chi connectivity index (χ0) is 14.0. The van der Waals surface area contributed by atoms with Crippen LogP contribution in [0, 0.1) is 0 Å². The van der Waals surface area contributed by atoms with Gasteiger partial charge >= 0.3 is 0 Å². The standard InChI is InChI=1S/C12H28Cl2OSi2.2ClH/c1-9(2)16(13,10(3)4)15-17(14,11(5)6)12(7)8;;/h9-12H,1-8H3;2*1H. The fourth-order valence-electron chi connectivity index (χ4n) is 2.04. The van der Waals surface area contributed by atoms with Crippen molar-refractivity contribution in [1.82, 2.24) is 0 Å². The topological polar surface area (TPSA) is 9.23 Å². The third-order valence-corrected chi connectivity index (χ3v) is 18.9. The summed E-state index contributed by atoms with van der Waals surface area (Å²) < 4.78 is 6.48. The molecule has 0 N–H and O–H groups in total. The minimum Gasteiger partial charge on any atom is -0.432 e.